The number of anilines is 6. The molecule has 0 bridgehead atoms. The Hall–Kier alpha value is -8.54. The van der Waals surface area contributed by atoms with Crippen molar-refractivity contribution in [3.63, 3.8) is 0 Å². The lowest BCUT2D eigenvalue weighted by Gasteiger charge is -2.47. The van der Waals surface area contributed by atoms with Crippen LogP contribution in [-0.2, 0) is 16.2 Å². The van der Waals surface area contributed by atoms with Crippen LogP contribution in [0.15, 0.2) is 205 Å². The highest BCUT2D eigenvalue weighted by molar-refractivity contribution is 7.00. The van der Waals surface area contributed by atoms with Crippen molar-refractivity contribution < 1.29 is 46.6 Å². The zero-order valence-corrected chi connectivity index (χ0v) is 42.9. The van der Waals surface area contributed by atoms with Gasteiger partial charge in [0.05, 0.1) is 85.7 Å². The summed E-state index contributed by atoms with van der Waals surface area (Å²) in [4.78, 5) is 1.98. The molecule has 0 fully saturated rings. The van der Waals surface area contributed by atoms with Gasteiger partial charge in [-0.3, -0.25) is 0 Å². The molecule has 0 atom stereocenters. The molecule has 372 valence electrons. The molecule has 10 aromatic carbocycles. The summed E-state index contributed by atoms with van der Waals surface area (Å²) in [6.07, 6.45) is 0. The van der Waals surface area contributed by atoms with E-state index in [0.29, 0.717) is 0 Å². The Morgan fingerprint density at radius 1 is 0.338 bits per heavy atom. The maximum atomic E-state index is 11.2. The molecule has 77 heavy (non-hydrogen) atoms. The standard InChI is InChI=1S/C72H61BN4/c1-70(2,3)48-31-37-60-55(39-48)56-40-49(71(4,5)6)32-38-61(56)75(60)52-35-36-57-64(43-52)74(51-33-29-47(30-34-51)46-27-25-45(26-28-46)44-17-11-10-12-18-44)65-41-50(72(7,8)9)42-66-67(65)73(57)58-21-16-24-63-69(58)77(66)62-23-15-20-54-53-19-13-14-22-59(53)76(63)68(54)62/h10-43H,1-9H3/i10D,11D,12D,13D,14D,15D,16D,17D,18D,19D,20D,21D,22D,23D,24D,25D,26D,27D,28D,29D,30D,31D,32D,33D,34D,35D,36D,37D,38D,39D,40D,41D,42D,43D. The monoisotopic (exact) mass is 1030 g/mol. The van der Waals surface area contributed by atoms with E-state index >= 15 is 0 Å². The lowest BCUT2D eigenvalue weighted by atomic mass is 9.33. The van der Waals surface area contributed by atoms with Gasteiger partial charge in [-0.15, -0.1) is 0 Å². The fourth-order valence-corrected chi connectivity index (χ4v) is 10.5. The van der Waals surface area contributed by atoms with Crippen LogP contribution in [0, 0.1) is 0 Å². The molecule has 0 saturated heterocycles. The van der Waals surface area contributed by atoms with Crippen molar-refractivity contribution in [2.45, 2.75) is 78.6 Å². The molecule has 5 heteroatoms. The number of hydrogen-bond donors (Lipinski definition) is 0. The van der Waals surface area contributed by atoms with Gasteiger partial charge in [0.2, 0.25) is 0 Å². The van der Waals surface area contributed by atoms with Gasteiger partial charge in [-0.2, -0.15) is 0 Å². The highest BCUT2D eigenvalue weighted by Gasteiger charge is 2.47. The van der Waals surface area contributed by atoms with Gasteiger partial charge in [0, 0.05) is 50.0 Å². The highest BCUT2D eigenvalue weighted by Crippen LogP contribution is 2.53. The van der Waals surface area contributed by atoms with Crippen molar-refractivity contribution in [2.75, 3.05) is 9.80 Å². The number of hydrogen-bond acceptors (Lipinski definition) is 2. The molecule has 0 unspecified atom stereocenters. The van der Waals surface area contributed by atoms with E-state index in [0.717, 1.165) is 18.9 Å². The molecule has 3 aliphatic heterocycles. The second kappa shape index (κ2) is 16.0. The van der Waals surface area contributed by atoms with Crippen LogP contribution in [0.2, 0.25) is 0 Å². The average Bonchev–Trinajstić information content (AvgIpc) is 1.58. The molecule has 0 saturated carbocycles. The molecule has 0 spiro atoms. The van der Waals surface area contributed by atoms with E-state index in [-0.39, 0.29) is 43.8 Å². The van der Waals surface area contributed by atoms with Crippen LogP contribution in [0.1, 0.15) is 126 Å². The van der Waals surface area contributed by atoms with Gasteiger partial charge in [0.1, 0.15) is 0 Å². The van der Waals surface area contributed by atoms with Crippen LogP contribution in [0.5, 0.6) is 0 Å². The van der Waals surface area contributed by atoms with E-state index in [2.05, 4.69) is 0 Å². The average molecular weight is 1030 g/mol. The first-order valence-corrected chi connectivity index (χ1v) is 24.8. The molecule has 0 aliphatic carbocycles. The normalized spacial score (nSPS) is 19.9. The summed E-state index contributed by atoms with van der Waals surface area (Å²) in [7, 11) is 0. The number of fused-ring (bicyclic) bond motifs is 12. The van der Waals surface area contributed by atoms with Gasteiger partial charge in [0.15, 0.2) is 0 Å². The molecule has 12 aromatic rings. The Kier molecular flexibility index (Phi) is 4.77. The lowest BCUT2D eigenvalue weighted by molar-refractivity contribution is 0.590. The summed E-state index contributed by atoms with van der Waals surface area (Å²) >= 11 is 0. The van der Waals surface area contributed by atoms with Crippen LogP contribution in [0.4, 0.5) is 34.1 Å². The van der Waals surface area contributed by atoms with Crippen LogP contribution >= 0.6 is 0 Å². The van der Waals surface area contributed by atoms with Gasteiger partial charge < -0.3 is 18.9 Å². The fraction of sp³-hybridized carbons (Fsp3) is 0.167. The molecule has 3 aliphatic rings. The Labute approximate surface area is 500 Å². The van der Waals surface area contributed by atoms with Gasteiger partial charge >= 0.3 is 0 Å². The Bertz CT molecular complexity index is 6360. The Balaban J connectivity index is 1.19. The minimum Gasteiger partial charge on any atom is -0.311 e. The summed E-state index contributed by atoms with van der Waals surface area (Å²) < 4.78 is 333. The SMILES string of the molecule is [2H]c1c([2H])c([2H])c(-c2c([2H])c([2H])c(-c3c([2H])c([2H])c(N4c5c([2H])c(-n6c7c([2H])c([2H])c(C(C)(C)C)c([2H])c7c7c([2H])c(C(C)(C)C)c([2H])c([2H])c76)c([2H])c([2H])c5B5c6c4c([2H])c(C(C)(C)C)c([2H])c6N4c6c5c([2H])c([2H])c([2H])c6-n5c6c([2H])c([2H])c([2H])c([2H])c6c6c([2H])c([2H])c([2H])c4c65)c([2H])c3[2H])c([2H])c2[2H])c([2H])c1[2H]. The third-order valence-corrected chi connectivity index (χ3v) is 14.3. The van der Waals surface area contributed by atoms with Gasteiger partial charge in [0.25, 0.3) is 6.71 Å². The highest BCUT2D eigenvalue weighted by atomic mass is 15.2. The maximum absolute atomic E-state index is 11.2. The first kappa shape index (κ1) is 23.0. The molecule has 0 N–H and O–H groups in total. The lowest BCUT2D eigenvalue weighted by Crippen LogP contribution is -2.62. The summed E-state index contributed by atoms with van der Waals surface area (Å²) in [6.45, 7) is 12.7. The first-order chi connectivity index (χ1) is 51.3. The summed E-state index contributed by atoms with van der Waals surface area (Å²) in [5.74, 6) is 0. The second-order valence-corrected chi connectivity index (χ2v) is 22.3. The van der Waals surface area contributed by atoms with E-state index in [1.54, 1.807) is 62.3 Å². The van der Waals surface area contributed by atoms with Crippen LogP contribution in [-0.4, -0.2) is 15.8 Å². The predicted molar refractivity (Wildman–Crippen MR) is 330 cm³/mol. The van der Waals surface area contributed by atoms with Crippen LogP contribution in [0.3, 0.4) is 0 Å². The zero-order chi connectivity index (χ0) is 82.0. The minimum absolute atomic E-state index is 0.0163. The third-order valence-electron chi connectivity index (χ3n) is 14.3. The number of aromatic nitrogens is 2. The number of para-hydroxylation sites is 3. The molecular weight excluding hydrogens is 932 g/mol. The Morgan fingerprint density at radius 2 is 0.857 bits per heavy atom. The van der Waals surface area contributed by atoms with E-state index in [4.69, 9.17) is 9.60 Å². The molecule has 15 rings (SSSR count). The van der Waals surface area contributed by atoms with E-state index in [9.17, 15) is 37.0 Å². The van der Waals surface area contributed by atoms with Crippen molar-refractivity contribution in [1.29, 1.82) is 0 Å². The fourth-order valence-electron chi connectivity index (χ4n) is 10.5. The van der Waals surface area contributed by atoms with Crippen molar-refractivity contribution in [2.24, 2.45) is 0 Å². The van der Waals surface area contributed by atoms with Crippen molar-refractivity contribution >= 4 is 101 Å². The van der Waals surface area contributed by atoms with E-state index in [1.807, 2.05) is 0 Å². The number of rotatable bonds is 4. The summed E-state index contributed by atoms with van der Waals surface area (Å²) in [6, 6.07) is -29.6. The van der Waals surface area contributed by atoms with E-state index in [1.165, 1.54) is 0 Å². The summed E-state index contributed by atoms with van der Waals surface area (Å²) in [5.41, 5.74) is -15.8. The minimum atomic E-state index is -2.06. The largest absolute Gasteiger partial charge is 0.311 e. The van der Waals surface area contributed by atoms with Crippen molar-refractivity contribution in [3.05, 3.63) is 222 Å². The number of nitrogens with zero attached hydrogens (tertiary/aromatic N) is 4. The van der Waals surface area contributed by atoms with E-state index < -0.39 is 329 Å². The smallest absolute Gasteiger partial charge is 0.252 e. The quantitative estimate of drug-likeness (QED) is 0.163. The molecule has 0 radical (unpaired) electrons. The van der Waals surface area contributed by atoms with Crippen LogP contribution < -0.4 is 26.2 Å². The number of benzene rings is 10. The molecule has 2 aromatic heterocycles. The van der Waals surface area contributed by atoms with Crippen molar-refractivity contribution in [3.8, 4) is 33.6 Å². The van der Waals surface area contributed by atoms with Crippen molar-refractivity contribution in [1.82, 2.24) is 9.13 Å². The summed E-state index contributed by atoms with van der Waals surface area (Å²) in [5, 5.41) is -1.28. The van der Waals surface area contributed by atoms with Gasteiger partial charge in [-0.25, -0.2) is 0 Å². The maximum Gasteiger partial charge on any atom is 0.252 e. The molecular formula is C72H61BN4. The Morgan fingerprint density at radius 3 is 1.49 bits per heavy atom. The molecule has 5 heterocycles. The topological polar surface area (TPSA) is 16.3 Å². The molecule has 4 nitrogen and oxygen atoms in total. The zero-order valence-electron chi connectivity index (χ0n) is 76.9. The van der Waals surface area contributed by atoms with Crippen LogP contribution in [0.25, 0.3) is 77.2 Å². The predicted octanol–water partition coefficient (Wildman–Crippen LogP) is 17.5. The third kappa shape index (κ3) is 6.72. The van der Waals surface area contributed by atoms with Gasteiger partial charge in [-0.05, 0) is 150 Å². The first-order valence-electron chi connectivity index (χ1n) is 41.8. The van der Waals surface area contributed by atoms with Gasteiger partial charge in [-0.1, -0.05) is 189 Å². The molecule has 0 amide bonds. The second-order valence-electron chi connectivity index (χ2n) is 22.3.